The number of anilines is 2. The van der Waals surface area contributed by atoms with E-state index < -0.39 is 4.92 Å². The van der Waals surface area contributed by atoms with Gasteiger partial charge in [-0.15, -0.1) is 11.3 Å². The normalized spacial score (nSPS) is 10.3. The highest BCUT2D eigenvalue weighted by Gasteiger charge is 2.22. The van der Waals surface area contributed by atoms with Crippen molar-refractivity contribution in [3.05, 3.63) is 38.3 Å². The van der Waals surface area contributed by atoms with E-state index in [1.54, 1.807) is 11.3 Å². The van der Waals surface area contributed by atoms with E-state index in [1.807, 2.05) is 12.1 Å². The third-order valence-corrected chi connectivity index (χ3v) is 3.87. The van der Waals surface area contributed by atoms with Gasteiger partial charge in [-0.3, -0.25) is 10.1 Å². The molecule has 0 fully saturated rings. The molecule has 0 amide bonds. The van der Waals surface area contributed by atoms with Crippen molar-refractivity contribution in [2.75, 3.05) is 10.7 Å². The average Bonchev–Trinajstić information content (AvgIpc) is 2.92. The Morgan fingerprint density at radius 1 is 1.35 bits per heavy atom. The number of aromatic nitrogens is 2. The van der Waals surface area contributed by atoms with Crippen LogP contribution in [0.1, 0.15) is 16.7 Å². The van der Waals surface area contributed by atoms with Crippen molar-refractivity contribution in [2.45, 2.75) is 19.9 Å². The monoisotopic (exact) mass is 294 g/mol. The molecule has 2 aromatic rings. The van der Waals surface area contributed by atoms with Gasteiger partial charge in [0.05, 0.1) is 11.5 Å². The lowest BCUT2D eigenvalue weighted by Crippen LogP contribution is -2.13. The van der Waals surface area contributed by atoms with Gasteiger partial charge in [0, 0.05) is 9.75 Å². The van der Waals surface area contributed by atoms with E-state index >= 15 is 0 Å². The van der Waals surface area contributed by atoms with Crippen LogP contribution in [0.25, 0.3) is 0 Å². The van der Waals surface area contributed by atoms with Crippen LogP contribution in [0, 0.1) is 10.1 Å². The third kappa shape index (κ3) is 3.00. The van der Waals surface area contributed by atoms with Crippen LogP contribution >= 0.6 is 11.3 Å². The molecular formula is C11H14N6O2S. The second kappa shape index (κ2) is 6.26. The molecule has 0 aliphatic carbocycles. The Labute approximate surface area is 119 Å². The van der Waals surface area contributed by atoms with Crippen molar-refractivity contribution in [3.63, 3.8) is 0 Å². The summed E-state index contributed by atoms with van der Waals surface area (Å²) >= 11 is 1.66. The number of rotatable bonds is 6. The maximum Gasteiger partial charge on any atom is 0.354 e. The molecule has 0 unspecified atom stereocenters. The lowest BCUT2D eigenvalue weighted by atomic mass is 10.3. The van der Waals surface area contributed by atoms with E-state index in [2.05, 4.69) is 27.6 Å². The molecule has 106 valence electrons. The Morgan fingerprint density at radius 3 is 2.65 bits per heavy atom. The van der Waals surface area contributed by atoms with Gasteiger partial charge in [0.2, 0.25) is 11.6 Å². The van der Waals surface area contributed by atoms with E-state index in [0.29, 0.717) is 6.54 Å². The number of nitrogen functional groups attached to an aromatic ring is 1. The number of nitro groups is 1. The molecule has 0 spiro atoms. The summed E-state index contributed by atoms with van der Waals surface area (Å²) in [6, 6.07) is 4.04. The number of nitrogens with two attached hydrogens (primary N) is 1. The fourth-order valence-electron chi connectivity index (χ4n) is 1.66. The van der Waals surface area contributed by atoms with Crippen molar-refractivity contribution in [1.82, 2.24) is 9.97 Å². The molecular weight excluding hydrogens is 280 g/mol. The highest BCUT2D eigenvalue weighted by molar-refractivity contribution is 7.12. The molecule has 0 saturated carbocycles. The van der Waals surface area contributed by atoms with Crippen molar-refractivity contribution in [2.24, 2.45) is 5.84 Å². The minimum atomic E-state index is -0.566. The molecule has 0 bridgehead atoms. The van der Waals surface area contributed by atoms with Crippen molar-refractivity contribution >= 4 is 28.7 Å². The van der Waals surface area contributed by atoms with Crippen molar-refractivity contribution in [3.8, 4) is 0 Å². The molecule has 4 N–H and O–H groups in total. The van der Waals surface area contributed by atoms with E-state index in [9.17, 15) is 10.1 Å². The Kier molecular flexibility index (Phi) is 4.43. The minimum Gasteiger partial charge on any atom is -0.359 e. The van der Waals surface area contributed by atoms with Gasteiger partial charge in [-0.25, -0.2) is 15.8 Å². The number of nitrogens with zero attached hydrogens (tertiary/aromatic N) is 3. The van der Waals surface area contributed by atoms with Crippen LogP contribution in [0.3, 0.4) is 0 Å². The summed E-state index contributed by atoms with van der Waals surface area (Å²) in [5.74, 6) is 5.34. The van der Waals surface area contributed by atoms with Gasteiger partial charge in [0.1, 0.15) is 6.33 Å². The Bertz CT molecular complexity index is 615. The molecule has 2 aromatic heterocycles. The zero-order chi connectivity index (χ0) is 14.5. The molecule has 0 radical (unpaired) electrons. The Hall–Kier alpha value is -2.26. The third-order valence-electron chi connectivity index (χ3n) is 2.64. The Morgan fingerprint density at radius 2 is 2.05 bits per heavy atom. The predicted molar refractivity (Wildman–Crippen MR) is 77.5 cm³/mol. The molecule has 20 heavy (non-hydrogen) atoms. The molecule has 0 aromatic carbocycles. The maximum absolute atomic E-state index is 11.1. The van der Waals surface area contributed by atoms with Crippen LogP contribution in [0.2, 0.25) is 0 Å². The summed E-state index contributed by atoms with van der Waals surface area (Å²) in [4.78, 5) is 20.5. The van der Waals surface area contributed by atoms with Gasteiger partial charge < -0.3 is 10.7 Å². The maximum atomic E-state index is 11.1. The Balaban J connectivity index is 2.18. The summed E-state index contributed by atoms with van der Waals surface area (Å²) in [6.45, 7) is 2.55. The predicted octanol–water partition coefficient (Wildman–Crippen LogP) is 1.91. The molecule has 8 nitrogen and oxygen atoms in total. The number of thiophene rings is 1. The first-order chi connectivity index (χ1) is 9.65. The largest absolute Gasteiger partial charge is 0.359 e. The molecule has 0 atom stereocenters. The van der Waals surface area contributed by atoms with Crippen molar-refractivity contribution in [1.29, 1.82) is 0 Å². The van der Waals surface area contributed by atoms with Gasteiger partial charge in [0.25, 0.3) is 0 Å². The molecule has 0 saturated heterocycles. The highest BCUT2D eigenvalue weighted by Crippen LogP contribution is 2.28. The summed E-state index contributed by atoms with van der Waals surface area (Å²) in [5, 5.41) is 14.0. The van der Waals surface area contributed by atoms with Gasteiger partial charge in [0.15, 0.2) is 0 Å². The first kappa shape index (κ1) is 14.2. The first-order valence-electron chi connectivity index (χ1n) is 5.93. The van der Waals surface area contributed by atoms with E-state index in [-0.39, 0.29) is 17.3 Å². The SMILES string of the molecule is CCc1ccc(CNc2ncnc(NN)c2[N+](=O)[O-])s1. The van der Waals surface area contributed by atoms with Crippen LogP contribution in [0.5, 0.6) is 0 Å². The summed E-state index contributed by atoms with van der Waals surface area (Å²) in [7, 11) is 0. The van der Waals surface area contributed by atoms with Crippen LogP contribution in [-0.2, 0) is 13.0 Å². The van der Waals surface area contributed by atoms with Crippen LogP contribution < -0.4 is 16.6 Å². The lowest BCUT2D eigenvalue weighted by molar-refractivity contribution is -0.383. The van der Waals surface area contributed by atoms with Gasteiger partial charge in [-0.05, 0) is 18.6 Å². The molecule has 9 heteroatoms. The number of hydrogen-bond acceptors (Lipinski definition) is 8. The number of nitrogens with one attached hydrogen (secondary N) is 2. The first-order valence-corrected chi connectivity index (χ1v) is 6.74. The molecule has 2 heterocycles. The zero-order valence-electron chi connectivity index (χ0n) is 10.8. The van der Waals surface area contributed by atoms with E-state index in [1.165, 1.54) is 11.2 Å². The number of aryl methyl sites for hydroxylation is 1. The van der Waals surface area contributed by atoms with E-state index in [4.69, 9.17) is 5.84 Å². The minimum absolute atomic E-state index is 0.0204. The van der Waals surface area contributed by atoms with Gasteiger partial charge >= 0.3 is 5.69 Å². The average molecular weight is 294 g/mol. The number of hydrogen-bond donors (Lipinski definition) is 3. The summed E-state index contributed by atoms with van der Waals surface area (Å²) in [5.41, 5.74) is 1.94. The lowest BCUT2D eigenvalue weighted by Gasteiger charge is -2.07. The fraction of sp³-hybridized carbons (Fsp3) is 0.273. The fourth-order valence-corrected chi connectivity index (χ4v) is 2.56. The van der Waals surface area contributed by atoms with Gasteiger partial charge in [-0.1, -0.05) is 6.92 Å². The number of hydrazine groups is 1. The van der Waals surface area contributed by atoms with E-state index in [0.717, 1.165) is 11.3 Å². The summed E-state index contributed by atoms with van der Waals surface area (Å²) in [6.07, 6.45) is 2.19. The molecule has 0 aliphatic heterocycles. The summed E-state index contributed by atoms with van der Waals surface area (Å²) < 4.78 is 0. The van der Waals surface area contributed by atoms with Crippen LogP contribution in [0.15, 0.2) is 18.5 Å². The molecule has 2 rings (SSSR count). The second-order valence-corrected chi connectivity index (χ2v) is 5.15. The smallest absolute Gasteiger partial charge is 0.354 e. The second-order valence-electron chi connectivity index (χ2n) is 3.90. The van der Waals surface area contributed by atoms with Crippen LogP contribution in [-0.4, -0.2) is 14.9 Å². The van der Waals surface area contributed by atoms with Crippen LogP contribution in [0.4, 0.5) is 17.3 Å². The highest BCUT2D eigenvalue weighted by atomic mass is 32.1. The quantitative estimate of drug-likeness (QED) is 0.423. The van der Waals surface area contributed by atoms with Crippen molar-refractivity contribution < 1.29 is 4.92 Å². The topological polar surface area (TPSA) is 119 Å². The van der Waals surface area contributed by atoms with Gasteiger partial charge in [-0.2, -0.15) is 0 Å². The zero-order valence-corrected chi connectivity index (χ0v) is 11.6. The molecule has 0 aliphatic rings. The standard InChI is InChI=1S/C11H14N6O2S/c1-2-7-3-4-8(20-7)5-13-10-9(17(18)19)11(16-12)15-6-14-10/h3-4,6H,2,5,12H2,1H3,(H2,13,14,15,16).